The predicted molar refractivity (Wildman–Crippen MR) is 129 cm³/mol. The Labute approximate surface area is 196 Å². The minimum atomic E-state index is -0.313. The molecule has 33 heavy (non-hydrogen) atoms. The standard InChI is InChI=1S/C25H23ClN4O3/c1-3-29(22-15-18(26)8-9-23(22)33-2)24(31)16-30-25(32)20-7-5-4-6-19(20)21(28-30)14-17-10-12-27-13-11-17/h4-13,15H,3,14,16H2,1-2H3. The molecule has 2 heterocycles. The maximum atomic E-state index is 13.3. The van der Waals surface area contributed by atoms with E-state index >= 15 is 0 Å². The number of anilines is 1. The zero-order valence-electron chi connectivity index (χ0n) is 18.4. The first-order valence-corrected chi connectivity index (χ1v) is 10.9. The van der Waals surface area contributed by atoms with Crippen LogP contribution < -0.4 is 15.2 Å². The van der Waals surface area contributed by atoms with Crippen molar-refractivity contribution < 1.29 is 9.53 Å². The average Bonchev–Trinajstić information content (AvgIpc) is 2.83. The quantitative estimate of drug-likeness (QED) is 0.413. The van der Waals surface area contributed by atoms with E-state index in [1.165, 1.54) is 16.7 Å². The van der Waals surface area contributed by atoms with Crippen LogP contribution in [0.2, 0.25) is 5.02 Å². The van der Waals surface area contributed by atoms with E-state index in [0.29, 0.717) is 40.5 Å². The minimum absolute atomic E-state index is 0.212. The molecule has 168 valence electrons. The van der Waals surface area contributed by atoms with Crippen LogP contribution in [-0.2, 0) is 17.8 Å². The van der Waals surface area contributed by atoms with Gasteiger partial charge in [0, 0.05) is 35.8 Å². The van der Waals surface area contributed by atoms with Gasteiger partial charge in [0.2, 0.25) is 5.91 Å². The van der Waals surface area contributed by atoms with Crippen molar-refractivity contribution in [3.05, 3.63) is 93.6 Å². The lowest BCUT2D eigenvalue weighted by Crippen LogP contribution is -2.38. The molecular weight excluding hydrogens is 440 g/mol. The number of carbonyl (C=O) groups is 1. The van der Waals surface area contributed by atoms with E-state index in [1.54, 1.807) is 42.7 Å². The summed E-state index contributed by atoms with van der Waals surface area (Å²) >= 11 is 6.16. The molecular formula is C25H23ClN4O3. The maximum Gasteiger partial charge on any atom is 0.275 e. The lowest BCUT2D eigenvalue weighted by atomic mass is 10.1. The number of methoxy groups -OCH3 is 1. The molecule has 0 aliphatic rings. The van der Waals surface area contributed by atoms with E-state index in [-0.39, 0.29) is 18.0 Å². The second-order valence-electron chi connectivity index (χ2n) is 7.44. The smallest absolute Gasteiger partial charge is 0.275 e. The van der Waals surface area contributed by atoms with Crippen molar-refractivity contribution in [2.45, 2.75) is 19.9 Å². The van der Waals surface area contributed by atoms with Gasteiger partial charge >= 0.3 is 0 Å². The van der Waals surface area contributed by atoms with Gasteiger partial charge in [-0.3, -0.25) is 14.6 Å². The van der Waals surface area contributed by atoms with Crippen LogP contribution in [0.25, 0.3) is 10.8 Å². The molecule has 1 amide bonds. The Balaban J connectivity index is 1.74. The van der Waals surface area contributed by atoms with Crippen LogP contribution in [0.4, 0.5) is 5.69 Å². The zero-order chi connectivity index (χ0) is 23.4. The second-order valence-corrected chi connectivity index (χ2v) is 7.88. The average molecular weight is 463 g/mol. The number of hydrogen-bond acceptors (Lipinski definition) is 5. The van der Waals surface area contributed by atoms with E-state index in [2.05, 4.69) is 10.1 Å². The lowest BCUT2D eigenvalue weighted by Gasteiger charge is -2.23. The van der Waals surface area contributed by atoms with E-state index in [0.717, 1.165) is 10.9 Å². The van der Waals surface area contributed by atoms with Crippen molar-refractivity contribution in [1.29, 1.82) is 0 Å². The molecule has 0 saturated heterocycles. The van der Waals surface area contributed by atoms with Gasteiger partial charge in [-0.1, -0.05) is 29.8 Å². The first-order valence-electron chi connectivity index (χ1n) is 10.5. The molecule has 4 aromatic rings. The van der Waals surface area contributed by atoms with Gasteiger partial charge in [-0.05, 0) is 48.9 Å². The Morgan fingerprint density at radius 1 is 1.09 bits per heavy atom. The predicted octanol–water partition coefficient (Wildman–Crippen LogP) is 4.10. The Hall–Kier alpha value is -3.71. The van der Waals surface area contributed by atoms with Gasteiger partial charge in [-0.2, -0.15) is 5.10 Å². The number of likely N-dealkylation sites (N-methyl/N-ethyl adjacent to an activating group) is 1. The summed E-state index contributed by atoms with van der Waals surface area (Å²) in [6, 6.07) is 16.2. The third-order valence-corrected chi connectivity index (χ3v) is 5.63. The van der Waals surface area contributed by atoms with Gasteiger partial charge in [0.15, 0.2) is 0 Å². The largest absolute Gasteiger partial charge is 0.495 e. The molecule has 0 aliphatic carbocycles. The fourth-order valence-corrected chi connectivity index (χ4v) is 3.97. The number of fused-ring (bicyclic) bond motifs is 1. The molecule has 0 saturated carbocycles. The van der Waals surface area contributed by atoms with Crippen molar-refractivity contribution in [3.63, 3.8) is 0 Å². The fraction of sp³-hybridized carbons (Fsp3) is 0.200. The Bertz CT molecular complexity index is 1360. The highest BCUT2D eigenvalue weighted by Gasteiger charge is 2.21. The molecule has 2 aromatic carbocycles. The number of halogens is 1. The molecule has 0 bridgehead atoms. The van der Waals surface area contributed by atoms with Crippen LogP contribution in [0.3, 0.4) is 0 Å². The third kappa shape index (κ3) is 4.73. The molecule has 0 aliphatic heterocycles. The molecule has 4 rings (SSSR count). The summed E-state index contributed by atoms with van der Waals surface area (Å²) in [5, 5.41) is 6.36. The lowest BCUT2D eigenvalue weighted by molar-refractivity contribution is -0.119. The van der Waals surface area contributed by atoms with Crippen LogP contribution in [0.5, 0.6) is 5.75 Å². The fourth-order valence-electron chi connectivity index (χ4n) is 3.81. The van der Waals surface area contributed by atoms with Crippen molar-refractivity contribution in [1.82, 2.24) is 14.8 Å². The number of hydrogen-bond donors (Lipinski definition) is 0. The van der Waals surface area contributed by atoms with Crippen molar-refractivity contribution in [2.24, 2.45) is 0 Å². The highest BCUT2D eigenvalue weighted by molar-refractivity contribution is 6.31. The number of pyridine rings is 1. The zero-order valence-corrected chi connectivity index (χ0v) is 19.1. The SMILES string of the molecule is CCN(C(=O)Cn1nc(Cc2ccncc2)c2ccccc2c1=O)c1cc(Cl)ccc1OC. The summed E-state index contributed by atoms with van der Waals surface area (Å²) in [6.07, 6.45) is 3.94. The summed E-state index contributed by atoms with van der Waals surface area (Å²) in [4.78, 5) is 32.1. The van der Waals surface area contributed by atoms with Crippen LogP contribution in [0.1, 0.15) is 18.2 Å². The maximum absolute atomic E-state index is 13.3. The van der Waals surface area contributed by atoms with E-state index < -0.39 is 0 Å². The summed E-state index contributed by atoms with van der Waals surface area (Å²) in [7, 11) is 1.53. The highest BCUT2D eigenvalue weighted by Crippen LogP contribution is 2.31. The van der Waals surface area contributed by atoms with Crippen LogP contribution in [-0.4, -0.2) is 34.3 Å². The first kappa shape index (κ1) is 22.5. The monoisotopic (exact) mass is 462 g/mol. The van der Waals surface area contributed by atoms with Gasteiger partial charge in [0.1, 0.15) is 12.3 Å². The third-order valence-electron chi connectivity index (χ3n) is 5.40. The number of rotatable bonds is 7. The molecule has 2 aromatic heterocycles. The first-order chi connectivity index (χ1) is 16.0. The molecule has 7 nitrogen and oxygen atoms in total. The number of amides is 1. The molecule has 0 fully saturated rings. The van der Waals surface area contributed by atoms with Gasteiger partial charge in [-0.25, -0.2) is 4.68 Å². The van der Waals surface area contributed by atoms with Gasteiger partial charge < -0.3 is 9.64 Å². The minimum Gasteiger partial charge on any atom is -0.495 e. The normalized spacial score (nSPS) is 10.9. The number of benzene rings is 2. The van der Waals surface area contributed by atoms with Crippen LogP contribution in [0.15, 0.2) is 71.8 Å². The van der Waals surface area contributed by atoms with Gasteiger partial charge in [0.05, 0.1) is 23.9 Å². The summed E-state index contributed by atoms with van der Waals surface area (Å²) in [5.74, 6) is 0.226. The summed E-state index contributed by atoms with van der Waals surface area (Å²) in [6.45, 7) is 2.02. The number of nitrogens with zero attached hydrogens (tertiary/aromatic N) is 4. The van der Waals surface area contributed by atoms with Crippen LogP contribution in [0, 0.1) is 0 Å². The Kier molecular flexibility index (Phi) is 6.70. The molecule has 0 atom stereocenters. The molecule has 0 spiro atoms. The number of ether oxygens (including phenoxy) is 1. The summed E-state index contributed by atoms with van der Waals surface area (Å²) < 4.78 is 6.65. The van der Waals surface area contributed by atoms with Crippen LogP contribution >= 0.6 is 11.6 Å². The van der Waals surface area contributed by atoms with E-state index in [4.69, 9.17) is 16.3 Å². The topological polar surface area (TPSA) is 77.3 Å². The second kappa shape index (κ2) is 9.83. The summed E-state index contributed by atoms with van der Waals surface area (Å²) in [5.41, 5.74) is 1.96. The van der Waals surface area contributed by atoms with Gasteiger partial charge in [-0.15, -0.1) is 0 Å². The van der Waals surface area contributed by atoms with Crippen molar-refractivity contribution in [2.75, 3.05) is 18.6 Å². The Morgan fingerprint density at radius 3 is 2.52 bits per heavy atom. The number of aromatic nitrogens is 3. The molecule has 8 heteroatoms. The van der Waals surface area contributed by atoms with Gasteiger partial charge in [0.25, 0.3) is 5.56 Å². The molecule has 0 unspecified atom stereocenters. The van der Waals surface area contributed by atoms with Crippen molar-refractivity contribution >= 4 is 34.0 Å². The Morgan fingerprint density at radius 2 is 1.82 bits per heavy atom. The van der Waals surface area contributed by atoms with Crippen molar-refractivity contribution in [3.8, 4) is 5.75 Å². The molecule has 0 radical (unpaired) electrons. The highest BCUT2D eigenvalue weighted by atomic mass is 35.5. The van der Waals surface area contributed by atoms with E-state index in [9.17, 15) is 9.59 Å². The van der Waals surface area contributed by atoms with E-state index in [1.807, 2.05) is 31.2 Å². The molecule has 0 N–H and O–H groups in total. The number of carbonyl (C=O) groups excluding carboxylic acids is 1.